The van der Waals surface area contributed by atoms with Gasteiger partial charge >= 0.3 is 132 Å². The molecule has 0 fully saturated rings. The molecule has 0 radical (unpaired) electrons. The molecule has 0 unspecified atom stereocenters. The van der Waals surface area contributed by atoms with Crippen LogP contribution in [0.25, 0.3) is 0 Å². The van der Waals surface area contributed by atoms with Crippen LogP contribution >= 0.6 is 12.0 Å². The van der Waals surface area contributed by atoms with Crippen LogP contribution in [0.4, 0.5) is 11.4 Å². The summed E-state index contributed by atoms with van der Waals surface area (Å²) in [6, 6.07) is 9.62. The van der Waals surface area contributed by atoms with Crippen molar-refractivity contribution >= 4 is 59.5 Å². The van der Waals surface area contributed by atoms with Gasteiger partial charge in [-0.05, 0) is 75.1 Å². The molecule has 52 heavy (non-hydrogen) atoms. The molecule has 4 rings (SSSR count). The summed E-state index contributed by atoms with van der Waals surface area (Å²) in [7, 11) is -13.3. The molecule has 0 atom stereocenters. The molecule has 2 heterocycles. The molecule has 0 bridgehead atoms. The summed E-state index contributed by atoms with van der Waals surface area (Å²) >= 11 is 0.756. The number of unbranched alkanes of at least 4 members (excludes halogenated alkanes) is 2. The predicted octanol–water partition coefficient (Wildman–Crippen LogP) is -5.56. The Morgan fingerprint density at radius 1 is 0.885 bits per heavy atom. The van der Waals surface area contributed by atoms with Gasteiger partial charge in [-0.25, -0.2) is 16.8 Å². The van der Waals surface area contributed by atoms with E-state index in [-0.39, 0.29) is 156 Å². The van der Waals surface area contributed by atoms with Crippen molar-refractivity contribution in [2.24, 2.45) is 0 Å². The molecule has 0 saturated heterocycles. The molecule has 2 aromatic rings. The third-order valence-electron chi connectivity index (χ3n) is 8.74. The first-order valence-corrected chi connectivity index (χ1v) is 20.6. The number of anilines is 1. The maximum absolute atomic E-state index is 11.9. The van der Waals surface area contributed by atoms with Crippen LogP contribution in [0, 0.1) is 0 Å². The molecule has 14 nitrogen and oxygen atoms in total. The fourth-order valence-electron chi connectivity index (χ4n) is 6.39. The largest absolute Gasteiger partial charge is 1.00 e. The Kier molecular flexibility index (Phi) is 20.9. The van der Waals surface area contributed by atoms with E-state index < -0.39 is 46.9 Å². The Morgan fingerprint density at radius 2 is 1.54 bits per heavy atom. The van der Waals surface area contributed by atoms with Gasteiger partial charge in [0.2, 0.25) is 5.69 Å². The van der Waals surface area contributed by atoms with Crippen LogP contribution in [0.1, 0.15) is 64.5 Å². The fourth-order valence-corrected chi connectivity index (χ4v) is 8.40. The molecular weight excluding hydrogens is 822 g/mol. The van der Waals surface area contributed by atoms with Gasteiger partial charge in [0.05, 0.1) is 38.2 Å². The summed E-state index contributed by atoms with van der Waals surface area (Å²) in [5, 5.41) is 13.9. The van der Waals surface area contributed by atoms with Crippen molar-refractivity contribution in [3.05, 3.63) is 71.5 Å². The number of benzene rings is 2. The number of hydrogen-bond donors (Lipinski definition) is 1. The summed E-state index contributed by atoms with van der Waals surface area (Å²) in [4.78, 5) is 2.17. The number of hydrogen-bond acceptors (Lipinski definition) is 13. The molecule has 0 aromatic heterocycles. The van der Waals surface area contributed by atoms with Crippen LogP contribution in [0.15, 0.2) is 70.1 Å². The number of nitrogens with zero attached hydrogens (tertiary/aromatic N) is 2. The van der Waals surface area contributed by atoms with Gasteiger partial charge in [0, 0.05) is 58.1 Å². The summed E-state index contributed by atoms with van der Waals surface area (Å²) in [6.07, 6.45) is 6.74. The van der Waals surface area contributed by atoms with Crippen molar-refractivity contribution in [3.8, 4) is 0 Å². The molecule has 2 aromatic carbocycles. The van der Waals surface area contributed by atoms with E-state index in [2.05, 4.69) is 13.9 Å². The van der Waals surface area contributed by atoms with Gasteiger partial charge in [-0.3, -0.25) is 9.59 Å². The fraction of sp³-hybridized carbons (Fsp3) is 0.452. The predicted molar refractivity (Wildman–Crippen MR) is 179 cm³/mol. The van der Waals surface area contributed by atoms with Gasteiger partial charge in [0.15, 0.2) is 5.71 Å². The number of fused-ring (bicyclic) bond motifs is 2. The molecule has 2 aliphatic heterocycles. The van der Waals surface area contributed by atoms with Crippen LogP contribution in [0.5, 0.6) is 0 Å². The maximum Gasteiger partial charge on any atom is 1.00 e. The number of allylic oxidation sites excluding steroid dienone is 4. The molecule has 2 aliphatic rings. The van der Waals surface area contributed by atoms with Crippen LogP contribution in [-0.4, -0.2) is 73.8 Å². The molecule has 1 N–H and O–H groups in total. The van der Waals surface area contributed by atoms with Crippen molar-refractivity contribution < 1.29 is 190 Å². The average molecular weight is 860 g/mol. The quantitative estimate of drug-likeness (QED) is 0.0317. The summed E-state index contributed by atoms with van der Waals surface area (Å²) in [6.45, 7) is 8.52. The zero-order valence-electron chi connectivity index (χ0n) is 30.3. The van der Waals surface area contributed by atoms with E-state index in [9.17, 15) is 44.2 Å². The second kappa shape index (κ2) is 21.0. The van der Waals surface area contributed by atoms with Crippen molar-refractivity contribution in [1.29, 1.82) is 0 Å². The Labute approximate surface area is 417 Å². The van der Waals surface area contributed by atoms with Gasteiger partial charge in [-0.1, -0.05) is 19.9 Å². The molecule has 0 aliphatic carbocycles. The topological polar surface area (TPSA) is 217 Å². The van der Waals surface area contributed by atoms with E-state index in [1.165, 1.54) is 12.1 Å². The van der Waals surface area contributed by atoms with Crippen molar-refractivity contribution in [3.63, 3.8) is 0 Å². The van der Waals surface area contributed by atoms with E-state index >= 15 is 0 Å². The zero-order valence-corrected chi connectivity index (χ0v) is 41.8. The van der Waals surface area contributed by atoms with Gasteiger partial charge in [0.25, 0.3) is 10.1 Å². The normalized spacial score (nSPS) is 17.1. The van der Waals surface area contributed by atoms with E-state index in [4.69, 9.17) is 0 Å². The summed E-state index contributed by atoms with van der Waals surface area (Å²) in [5.41, 5.74) is 3.23. The van der Waals surface area contributed by atoms with Crippen LogP contribution in [0.3, 0.4) is 0 Å². The van der Waals surface area contributed by atoms with E-state index in [1.54, 1.807) is 12.1 Å². The van der Waals surface area contributed by atoms with Gasteiger partial charge in [0.1, 0.15) is 16.7 Å². The van der Waals surface area contributed by atoms with Crippen molar-refractivity contribution in [1.82, 2.24) is 0 Å². The van der Waals surface area contributed by atoms with E-state index in [0.717, 1.165) is 34.7 Å². The average Bonchev–Trinajstić information content (AvgIpc) is 3.33. The summed E-state index contributed by atoms with van der Waals surface area (Å²) < 4.78 is 108. The minimum atomic E-state index is -4.74. The number of rotatable bonds is 16. The SMILES string of the molecule is CC1(C)C(/C=C/C=C2\N(CCCCS(=O)(=O)[O-])c3ccc(S(=O)(=O)[O-])cc3C2(C)C)=[N+](CCCCS(=O)(=O)O)c2ccc(SOO[O-])cc21.[K+].[K+].[Na+]. The van der Waals surface area contributed by atoms with Crippen LogP contribution in [-0.2, 0) is 50.6 Å². The van der Waals surface area contributed by atoms with Crippen LogP contribution in [0.2, 0.25) is 0 Å². The first kappa shape index (κ1) is 51.6. The van der Waals surface area contributed by atoms with E-state index in [0.29, 0.717) is 42.1 Å². The van der Waals surface area contributed by atoms with Gasteiger partial charge in [-0.2, -0.15) is 17.3 Å². The Bertz CT molecular complexity index is 2020. The second-order valence-electron chi connectivity index (χ2n) is 12.8. The molecule has 270 valence electrons. The minimum Gasteiger partial charge on any atom is -0.748 e. The Hall–Kier alpha value is 1.62. The molecule has 21 heteroatoms. The van der Waals surface area contributed by atoms with E-state index in [1.807, 2.05) is 63.0 Å². The third-order valence-corrected chi connectivity index (χ3v) is 11.7. The smallest absolute Gasteiger partial charge is 0.748 e. The van der Waals surface area contributed by atoms with Gasteiger partial charge in [-0.15, -0.1) is 0 Å². The van der Waals surface area contributed by atoms with Gasteiger partial charge < -0.3 is 19.3 Å². The van der Waals surface area contributed by atoms with Crippen molar-refractivity contribution in [2.75, 3.05) is 29.5 Å². The molecule has 0 spiro atoms. The first-order valence-electron chi connectivity index (χ1n) is 15.2. The minimum absolute atomic E-state index is 0. The third kappa shape index (κ3) is 13.3. The maximum atomic E-state index is 11.9. The second-order valence-corrected chi connectivity index (χ2v) is 18.1. The standard InChI is InChI=1S/C31H40N2O12S4.2K.Na/c1-30(2)24-20-22(46-45-44-34)12-14-26(24)32(16-5-7-18-47(35,36)37)28(30)10-9-11-29-31(3,4)25-21-23(49(41,42)43)13-15-27(25)33(29)17-6-8-19-48(38,39)40;;;/h9-15,20-21H,5-8,16-19H2,1-4H3,(H3-,34,35,36,37,38,39,40,41,42,43);;;/q;3*+1/p-2. The van der Waals surface area contributed by atoms with Crippen LogP contribution < -0.4 is 142 Å². The van der Waals surface area contributed by atoms with Crippen molar-refractivity contribution in [2.45, 2.75) is 74.0 Å². The molecular formula is C31H38K2N2NaO12S4+. The Morgan fingerprint density at radius 3 is 2.13 bits per heavy atom. The molecule has 0 saturated carbocycles. The zero-order chi connectivity index (χ0) is 36.4. The first-order chi connectivity index (χ1) is 22.7. The Balaban J connectivity index is 0.00000451. The molecule has 0 amide bonds. The monoisotopic (exact) mass is 859 g/mol. The summed E-state index contributed by atoms with van der Waals surface area (Å²) in [5.74, 6) is -0.897.